The highest BCUT2D eigenvalue weighted by atomic mass is 35.5. The number of carbonyl (C=O) groups excluding carboxylic acids is 2. The number of benzene rings is 1. The summed E-state index contributed by atoms with van der Waals surface area (Å²) in [7, 11) is 0. The van der Waals surface area contributed by atoms with E-state index in [9.17, 15) is 14.4 Å². The molecule has 0 radical (unpaired) electrons. The Morgan fingerprint density at radius 2 is 1.81 bits per heavy atom. The third kappa shape index (κ3) is 5.01. The molecule has 1 atom stereocenters. The fraction of sp³-hybridized carbons (Fsp3) is 0.421. The summed E-state index contributed by atoms with van der Waals surface area (Å²) >= 11 is 6.20. The van der Waals surface area contributed by atoms with Gasteiger partial charge in [-0.3, -0.25) is 0 Å². The van der Waals surface area contributed by atoms with Crippen LogP contribution in [0.3, 0.4) is 0 Å². The van der Waals surface area contributed by atoms with Crippen molar-refractivity contribution in [2.24, 2.45) is 0 Å². The molecular weight excluding hydrogens is 374 g/mol. The van der Waals surface area contributed by atoms with Gasteiger partial charge in [0.15, 0.2) is 5.75 Å². The molecule has 2 rings (SSSR count). The number of alkyl carbamates (subject to hydrolysis) is 1. The van der Waals surface area contributed by atoms with Crippen molar-refractivity contribution in [2.45, 2.75) is 53.2 Å². The first-order valence-corrected chi connectivity index (χ1v) is 8.71. The molecular formula is C19H22ClNO6. The van der Waals surface area contributed by atoms with Crippen LogP contribution in [-0.4, -0.2) is 23.7 Å². The van der Waals surface area contributed by atoms with Gasteiger partial charge in [-0.2, -0.15) is 0 Å². The van der Waals surface area contributed by atoms with E-state index in [1.165, 1.54) is 13.0 Å². The van der Waals surface area contributed by atoms with Crippen LogP contribution in [0.1, 0.15) is 38.8 Å². The number of ether oxygens (including phenoxy) is 2. The van der Waals surface area contributed by atoms with E-state index in [1.54, 1.807) is 40.7 Å². The standard InChI is InChI=1S/C19H22ClNO6/c1-9-10(2)16(22)25-14-8-15(13(20)7-12(9)14)26-17(23)11(3)21-18(24)27-19(4,5)6/h7-8,11H,1-6H3,(H,21,24)/t11-/m1/s1. The van der Waals surface area contributed by atoms with Gasteiger partial charge in [-0.05, 0) is 53.2 Å². The van der Waals surface area contributed by atoms with Crippen LogP contribution in [-0.2, 0) is 9.53 Å². The van der Waals surface area contributed by atoms with Gasteiger partial charge in [0, 0.05) is 17.0 Å². The quantitative estimate of drug-likeness (QED) is 0.481. The van der Waals surface area contributed by atoms with Gasteiger partial charge in [0.05, 0.1) is 5.02 Å². The summed E-state index contributed by atoms with van der Waals surface area (Å²) in [5.74, 6) is -0.716. The van der Waals surface area contributed by atoms with E-state index < -0.39 is 29.3 Å². The number of nitrogens with one attached hydrogen (secondary N) is 1. The molecule has 7 nitrogen and oxygen atoms in total. The van der Waals surface area contributed by atoms with Crippen LogP contribution in [0.4, 0.5) is 4.79 Å². The number of halogens is 1. The maximum atomic E-state index is 12.2. The van der Waals surface area contributed by atoms with Gasteiger partial charge in [-0.15, -0.1) is 0 Å². The van der Waals surface area contributed by atoms with E-state index >= 15 is 0 Å². The molecule has 146 valence electrons. The van der Waals surface area contributed by atoms with Gasteiger partial charge in [-0.25, -0.2) is 14.4 Å². The molecule has 0 unspecified atom stereocenters. The second kappa shape index (κ2) is 7.60. The van der Waals surface area contributed by atoms with Gasteiger partial charge >= 0.3 is 17.7 Å². The minimum atomic E-state index is -0.974. The second-order valence-electron chi connectivity index (χ2n) is 7.21. The summed E-state index contributed by atoms with van der Waals surface area (Å²) in [4.78, 5) is 35.9. The average molecular weight is 396 g/mol. The molecule has 0 bridgehead atoms. The minimum absolute atomic E-state index is 0.0263. The monoisotopic (exact) mass is 395 g/mol. The molecule has 0 fully saturated rings. The zero-order chi connectivity index (χ0) is 20.5. The van der Waals surface area contributed by atoms with E-state index in [0.717, 1.165) is 5.56 Å². The van der Waals surface area contributed by atoms with Gasteiger partial charge in [0.2, 0.25) is 0 Å². The Bertz CT molecular complexity index is 957. The molecule has 2 aromatic rings. The summed E-state index contributed by atoms with van der Waals surface area (Å²) in [5.41, 5.74) is 0.310. The van der Waals surface area contributed by atoms with Crippen LogP contribution in [0.25, 0.3) is 11.0 Å². The van der Waals surface area contributed by atoms with E-state index in [2.05, 4.69) is 5.32 Å². The lowest BCUT2D eigenvalue weighted by molar-refractivity contribution is -0.136. The average Bonchev–Trinajstić information content (AvgIpc) is 2.52. The Balaban J connectivity index is 2.21. The van der Waals surface area contributed by atoms with Crippen LogP contribution >= 0.6 is 11.6 Å². The Labute approximate surface area is 161 Å². The molecule has 0 aliphatic rings. The van der Waals surface area contributed by atoms with E-state index in [-0.39, 0.29) is 16.4 Å². The Hall–Kier alpha value is -2.54. The van der Waals surface area contributed by atoms with Crippen LogP contribution in [0.5, 0.6) is 5.75 Å². The summed E-state index contributed by atoms with van der Waals surface area (Å²) in [6.07, 6.45) is -0.742. The van der Waals surface area contributed by atoms with Crippen molar-refractivity contribution in [1.82, 2.24) is 5.32 Å². The Morgan fingerprint density at radius 3 is 2.41 bits per heavy atom. The summed E-state index contributed by atoms with van der Waals surface area (Å²) in [6, 6.07) is 1.97. The molecule has 1 heterocycles. The first kappa shape index (κ1) is 20.8. The molecule has 0 aliphatic carbocycles. The zero-order valence-corrected chi connectivity index (χ0v) is 16.8. The molecule has 0 saturated heterocycles. The number of amides is 1. The van der Waals surface area contributed by atoms with Crippen molar-refractivity contribution in [3.05, 3.63) is 38.7 Å². The van der Waals surface area contributed by atoms with Crippen molar-refractivity contribution in [3.63, 3.8) is 0 Å². The first-order chi connectivity index (χ1) is 12.4. The topological polar surface area (TPSA) is 94.8 Å². The lowest BCUT2D eigenvalue weighted by Crippen LogP contribution is -2.43. The summed E-state index contributed by atoms with van der Waals surface area (Å²) in [6.45, 7) is 10.0. The predicted octanol–water partition coefficient (Wildman–Crippen LogP) is 3.88. The summed E-state index contributed by atoms with van der Waals surface area (Å²) < 4.78 is 15.6. The fourth-order valence-corrected chi connectivity index (χ4v) is 2.46. The molecule has 0 saturated carbocycles. The van der Waals surface area contributed by atoms with Crippen molar-refractivity contribution in [3.8, 4) is 5.75 Å². The van der Waals surface area contributed by atoms with Crippen LogP contribution in [0.15, 0.2) is 21.3 Å². The molecule has 0 aliphatic heterocycles. The van der Waals surface area contributed by atoms with Crippen molar-refractivity contribution in [1.29, 1.82) is 0 Å². The van der Waals surface area contributed by atoms with E-state index in [0.29, 0.717) is 10.9 Å². The molecule has 1 aromatic heterocycles. The number of fused-ring (bicyclic) bond motifs is 1. The predicted molar refractivity (Wildman–Crippen MR) is 101 cm³/mol. The smallest absolute Gasteiger partial charge is 0.408 e. The van der Waals surface area contributed by atoms with Crippen LogP contribution < -0.4 is 15.7 Å². The lowest BCUT2D eigenvalue weighted by atomic mass is 10.1. The van der Waals surface area contributed by atoms with Crippen LogP contribution in [0.2, 0.25) is 5.02 Å². The molecule has 1 amide bonds. The van der Waals surface area contributed by atoms with Gasteiger partial charge in [0.25, 0.3) is 0 Å². The minimum Gasteiger partial charge on any atom is -0.444 e. The Kier molecular flexibility index (Phi) is 5.85. The van der Waals surface area contributed by atoms with Gasteiger partial charge in [0.1, 0.15) is 17.2 Å². The number of rotatable bonds is 3. The first-order valence-electron chi connectivity index (χ1n) is 8.34. The lowest BCUT2D eigenvalue weighted by Gasteiger charge is -2.21. The maximum Gasteiger partial charge on any atom is 0.408 e. The number of carbonyl (C=O) groups is 2. The third-order valence-corrected chi connectivity index (χ3v) is 4.10. The van der Waals surface area contributed by atoms with Crippen LogP contribution in [0, 0.1) is 13.8 Å². The van der Waals surface area contributed by atoms with Crippen molar-refractivity contribution >= 4 is 34.6 Å². The maximum absolute atomic E-state index is 12.2. The molecule has 0 spiro atoms. The van der Waals surface area contributed by atoms with E-state index in [1.807, 2.05) is 0 Å². The van der Waals surface area contributed by atoms with Gasteiger partial charge in [-0.1, -0.05) is 11.6 Å². The highest BCUT2D eigenvalue weighted by Gasteiger charge is 2.23. The number of aryl methyl sites for hydroxylation is 1. The van der Waals surface area contributed by atoms with E-state index in [4.69, 9.17) is 25.5 Å². The summed E-state index contributed by atoms with van der Waals surface area (Å²) in [5, 5.41) is 3.21. The third-order valence-electron chi connectivity index (χ3n) is 3.81. The second-order valence-corrected chi connectivity index (χ2v) is 7.61. The highest BCUT2D eigenvalue weighted by Crippen LogP contribution is 2.32. The van der Waals surface area contributed by atoms with Crippen molar-refractivity contribution < 1.29 is 23.5 Å². The van der Waals surface area contributed by atoms with Crippen molar-refractivity contribution in [2.75, 3.05) is 0 Å². The Morgan fingerprint density at radius 1 is 1.19 bits per heavy atom. The molecule has 27 heavy (non-hydrogen) atoms. The normalized spacial score (nSPS) is 12.6. The molecule has 1 aromatic carbocycles. The molecule has 1 N–H and O–H groups in total. The molecule has 8 heteroatoms. The SMILES string of the molecule is Cc1c(C)c2cc(Cl)c(OC(=O)[C@@H](C)NC(=O)OC(C)(C)C)cc2oc1=O. The zero-order valence-electron chi connectivity index (χ0n) is 16.1. The highest BCUT2D eigenvalue weighted by molar-refractivity contribution is 6.33. The fourth-order valence-electron chi connectivity index (χ4n) is 2.26. The number of hydrogen-bond donors (Lipinski definition) is 1. The largest absolute Gasteiger partial charge is 0.444 e. The number of esters is 1. The van der Waals surface area contributed by atoms with Gasteiger partial charge < -0.3 is 19.2 Å². The number of hydrogen-bond acceptors (Lipinski definition) is 6.